The van der Waals surface area contributed by atoms with Crippen molar-refractivity contribution in [3.63, 3.8) is 0 Å². The van der Waals surface area contributed by atoms with E-state index in [2.05, 4.69) is 17.3 Å². The molecule has 2 bridgehead atoms. The Morgan fingerprint density at radius 3 is 2.38 bits per heavy atom. The molecule has 0 spiro atoms. The van der Waals surface area contributed by atoms with Crippen molar-refractivity contribution in [1.29, 1.82) is 0 Å². The highest BCUT2D eigenvalue weighted by Gasteiger charge is 2.59. The van der Waals surface area contributed by atoms with Gasteiger partial charge in [-0.3, -0.25) is 9.59 Å². The molecule has 3 aliphatic rings. The van der Waals surface area contributed by atoms with Crippen molar-refractivity contribution in [1.82, 2.24) is 5.01 Å². The summed E-state index contributed by atoms with van der Waals surface area (Å²) in [5, 5.41) is 5.20. The lowest BCUT2D eigenvalue weighted by atomic mass is 9.85. The molecule has 4 unspecified atom stereocenters. The summed E-state index contributed by atoms with van der Waals surface area (Å²) >= 11 is 0. The first kappa shape index (κ1) is 17.8. The van der Waals surface area contributed by atoms with Crippen LogP contribution in [0, 0.1) is 29.5 Å². The molecule has 1 saturated heterocycles. The molecule has 5 nitrogen and oxygen atoms in total. The Morgan fingerprint density at radius 2 is 1.72 bits per heavy atom. The molecule has 1 heterocycles. The van der Waals surface area contributed by atoms with Crippen LogP contribution in [-0.4, -0.2) is 23.0 Å². The quantitative estimate of drug-likeness (QED) is 0.446. The molecule has 2 aromatic carbocycles. The third-order valence-corrected chi connectivity index (χ3v) is 5.94. The molecule has 2 fully saturated rings. The van der Waals surface area contributed by atoms with Crippen molar-refractivity contribution in [3.05, 3.63) is 77.6 Å². The van der Waals surface area contributed by atoms with Gasteiger partial charge in [0, 0.05) is 0 Å². The molecule has 6 heteroatoms. The molecule has 29 heavy (non-hydrogen) atoms. The van der Waals surface area contributed by atoms with E-state index in [0.717, 1.165) is 22.6 Å². The summed E-state index contributed by atoms with van der Waals surface area (Å²) in [6, 6.07) is 13.4. The second-order valence-electron chi connectivity index (χ2n) is 7.72. The van der Waals surface area contributed by atoms with E-state index in [1.165, 1.54) is 18.3 Å². The fraction of sp³-hybridized carbons (Fsp3) is 0.261. The van der Waals surface area contributed by atoms with Gasteiger partial charge in [0.2, 0.25) is 0 Å². The lowest BCUT2D eigenvalue weighted by Crippen LogP contribution is -2.28. The van der Waals surface area contributed by atoms with Gasteiger partial charge in [-0.05, 0) is 65.8 Å². The van der Waals surface area contributed by atoms with Crippen molar-refractivity contribution >= 4 is 18.0 Å². The molecule has 1 saturated carbocycles. The van der Waals surface area contributed by atoms with Crippen LogP contribution < -0.4 is 4.74 Å². The first-order valence-corrected chi connectivity index (χ1v) is 9.67. The summed E-state index contributed by atoms with van der Waals surface area (Å²) in [5.41, 5.74) is 1.50. The number of hydrogen-bond donors (Lipinski definition) is 0. The van der Waals surface area contributed by atoms with Crippen LogP contribution in [0.2, 0.25) is 0 Å². The lowest BCUT2D eigenvalue weighted by Gasteiger charge is -2.13. The number of nitrogens with zero attached hydrogens (tertiary/aromatic N) is 2. The minimum Gasteiger partial charge on any atom is -0.489 e. The number of imide groups is 1. The normalized spacial score (nSPS) is 27.3. The van der Waals surface area contributed by atoms with Gasteiger partial charge in [-0.25, -0.2) is 4.39 Å². The van der Waals surface area contributed by atoms with Gasteiger partial charge in [-0.15, -0.1) is 0 Å². The fourth-order valence-electron chi connectivity index (χ4n) is 4.57. The van der Waals surface area contributed by atoms with Crippen LogP contribution >= 0.6 is 0 Å². The minimum absolute atomic E-state index is 0.177. The molecule has 4 atom stereocenters. The van der Waals surface area contributed by atoms with E-state index in [4.69, 9.17) is 4.74 Å². The van der Waals surface area contributed by atoms with Gasteiger partial charge in [-0.2, -0.15) is 10.1 Å². The molecular formula is C23H19FN2O3. The molecule has 1 aliphatic heterocycles. The summed E-state index contributed by atoms with van der Waals surface area (Å²) in [6.45, 7) is 0.265. The number of allylic oxidation sites excluding steroid dienone is 2. The summed E-state index contributed by atoms with van der Waals surface area (Å²) in [5.74, 6) is -0.173. The summed E-state index contributed by atoms with van der Waals surface area (Å²) in [4.78, 5) is 25.2. The first-order chi connectivity index (χ1) is 14.1. The maximum Gasteiger partial charge on any atom is 0.254 e. The molecule has 2 amide bonds. The van der Waals surface area contributed by atoms with Crippen molar-refractivity contribution in [2.24, 2.45) is 28.8 Å². The van der Waals surface area contributed by atoms with Crippen LogP contribution in [-0.2, 0) is 16.2 Å². The van der Waals surface area contributed by atoms with Crippen LogP contribution in [0.25, 0.3) is 0 Å². The number of ether oxygens (including phenoxy) is 1. The monoisotopic (exact) mass is 390 g/mol. The second-order valence-corrected chi connectivity index (χ2v) is 7.72. The van der Waals surface area contributed by atoms with E-state index in [1.54, 1.807) is 36.4 Å². The zero-order chi connectivity index (χ0) is 20.0. The zero-order valence-electron chi connectivity index (χ0n) is 15.6. The highest BCUT2D eigenvalue weighted by Crippen LogP contribution is 2.52. The van der Waals surface area contributed by atoms with Gasteiger partial charge in [0.25, 0.3) is 11.8 Å². The topological polar surface area (TPSA) is 59.0 Å². The molecule has 5 rings (SSSR count). The molecule has 0 N–H and O–H groups in total. The smallest absolute Gasteiger partial charge is 0.254 e. The Hall–Kier alpha value is -3.28. The van der Waals surface area contributed by atoms with Gasteiger partial charge in [0.1, 0.15) is 18.2 Å². The van der Waals surface area contributed by atoms with Crippen LogP contribution in [0.3, 0.4) is 0 Å². The maximum absolute atomic E-state index is 13.2. The highest BCUT2D eigenvalue weighted by atomic mass is 19.1. The van der Waals surface area contributed by atoms with Gasteiger partial charge in [-0.1, -0.05) is 24.3 Å². The number of rotatable bonds is 5. The Kier molecular flexibility index (Phi) is 4.27. The minimum atomic E-state index is -0.295. The standard InChI is InChI=1S/C23H19FN2O3/c24-18-3-1-2-15(10-18)13-29-19-8-4-14(5-9-19)12-25-26-22(27)20-16-6-7-17(11-16)21(20)23(26)28/h1-10,12,16-17,20-21H,11,13H2. The average molecular weight is 390 g/mol. The molecule has 2 aromatic rings. The van der Waals surface area contributed by atoms with E-state index < -0.39 is 0 Å². The van der Waals surface area contributed by atoms with E-state index in [0.29, 0.717) is 5.75 Å². The van der Waals surface area contributed by atoms with Crippen LogP contribution in [0.15, 0.2) is 65.8 Å². The zero-order valence-corrected chi connectivity index (χ0v) is 15.6. The lowest BCUT2D eigenvalue weighted by molar-refractivity contribution is -0.140. The number of benzene rings is 2. The van der Waals surface area contributed by atoms with Gasteiger partial charge < -0.3 is 4.74 Å². The van der Waals surface area contributed by atoms with Crippen LogP contribution in [0.1, 0.15) is 17.5 Å². The molecule has 0 radical (unpaired) electrons. The number of hydrazone groups is 1. The first-order valence-electron chi connectivity index (χ1n) is 9.67. The third-order valence-electron chi connectivity index (χ3n) is 5.94. The van der Waals surface area contributed by atoms with Crippen molar-refractivity contribution in [3.8, 4) is 5.75 Å². The van der Waals surface area contributed by atoms with Crippen molar-refractivity contribution in [2.45, 2.75) is 13.0 Å². The van der Waals surface area contributed by atoms with Crippen molar-refractivity contribution in [2.75, 3.05) is 0 Å². The Balaban J connectivity index is 1.23. The molecule has 0 aromatic heterocycles. The largest absolute Gasteiger partial charge is 0.489 e. The second kappa shape index (κ2) is 6.95. The number of halogens is 1. The number of carbonyl (C=O) groups excluding carboxylic acids is 2. The van der Waals surface area contributed by atoms with Crippen LogP contribution in [0.5, 0.6) is 5.75 Å². The van der Waals surface area contributed by atoms with Crippen molar-refractivity contribution < 1.29 is 18.7 Å². The molecule has 146 valence electrons. The highest BCUT2D eigenvalue weighted by molar-refractivity contribution is 6.06. The summed E-state index contributed by atoms with van der Waals surface area (Å²) in [6.07, 6.45) is 6.55. The van der Waals surface area contributed by atoms with Gasteiger partial charge >= 0.3 is 0 Å². The van der Waals surface area contributed by atoms with E-state index in [1.807, 2.05) is 0 Å². The average Bonchev–Trinajstić information content (AvgIpc) is 3.40. The Labute approximate surface area is 167 Å². The molecular weight excluding hydrogens is 371 g/mol. The van der Waals surface area contributed by atoms with Gasteiger partial charge in [0.05, 0.1) is 18.1 Å². The van der Waals surface area contributed by atoms with E-state index >= 15 is 0 Å². The SMILES string of the molecule is O=C1C2C3C=CC(C3)C2C(=O)N1N=Cc1ccc(OCc2cccc(F)c2)cc1. The summed E-state index contributed by atoms with van der Waals surface area (Å²) < 4.78 is 18.9. The molecule has 2 aliphatic carbocycles. The van der Waals surface area contributed by atoms with E-state index in [-0.39, 0.29) is 47.9 Å². The third kappa shape index (κ3) is 3.14. The number of carbonyl (C=O) groups is 2. The van der Waals surface area contributed by atoms with Crippen LogP contribution in [0.4, 0.5) is 4.39 Å². The predicted molar refractivity (Wildman–Crippen MR) is 104 cm³/mol. The number of amides is 2. The fourth-order valence-corrected chi connectivity index (χ4v) is 4.57. The Bertz CT molecular complexity index is 1000. The van der Waals surface area contributed by atoms with Gasteiger partial charge in [0.15, 0.2) is 0 Å². The number of hydrogen-bond acceptors (Lipinski definition) is 4. The number of fused-ring (bicyclic) bond motifs is 5. The Morgan fingerprint density at radius 1 is 1.03 bits per heavy atom. The van der Waals surface area contributed by atoms with E-state index in [9.17, 15) is 14.0 Å². The maximum atomic E-state index is 13.2. The predicted octanol–water partition coefficient (Wildman–Crippen LogP) is 3.55. The summed E-state index contributed by atoms with van der Waals surface area (Å²) in [7, 11) is 0.